The van der Waals surface area contributed by atoms with Gasteiger partial charge in [-0.15, -0.1) is 11.3 Å². The molecule has 1 fully saturated rings. The number of benzene rings is 1. The number of rotatable bonds is 5. The van der Waals surface area contributed by atoms with Gasteiger partial charge in [-0.3, -0.25) is 9.59 Å². The van der Waals surface area contributed by atoms with Crippen molar-refractivity contribution < 1.29 is 19.1 Å². The summed E-state index contributed by atoms with van der Waals surface area (Å²) in [6, 6.07) is 7.89. The predicted octanol–water partition coefficient (Wildman–Crippen LogP) is 2.80. The minimum atomic E-state index is -0.782. The maximum Gasteiger partial charge on any atom is 0.306 e. The lowest BCUT2D eigenvalue weighted by molar-refractivity contribution is -0.164. The molecule has 1 saturated heterocycles. The molecule has 0 N–H and O–H groups in total. The average molecular weight is 376 g/mol. The maximum atomic E-state index is 12.5. The molecule has 0 saturated carbocycles. The standard InChI is InChI=1S/C19H24N2O4S/c1-12-10-21(11-13(2)24-12)19(23)14(3)25-18(22)9-8-17-20-15-6-4-5-7-16(15)26-17/h4-7,12-14H,8-11H2,1-3H3. The van der Waals surface area contributed by atoms with Crippen molar-refractivity contribution >= 4 is 33.4 Å². The van der Waals surface area contributed by atoms with E-state index in [4.69, 9.17) is 9.47 Å². The van der Waals surface area contributed by atoms with Gasteiger partial charge in [-0.2, -0.15) is 0 Å². The van der Waals surface area contributed by atoms with E-state index in [2.05, 4.69) is 4.98 Å². The normalized spacial score (nSPS) is 21.6. The van der Waals surface area contributed by atoms with Crippen LogP contribution in [0.5, 0.6) is 0 Å². The van der Waals surface area contributed by atoms with E-state index in [1.807, 2.05) is 38.1 Å². The molecule has 3 unspecified atom stereocenters. The number of fused-ring (bicyclic) bond motifs is 1. The Morgan fingerprint density at radius 2 is 2.00 bits per heavy atom. The second-order valence-electron chi connectivity index (χ2n) is 6.71. The van der Waals surface area contributed by atoms with Crippen molar-refractivity contribution in [1.29, 1.82) is 0 Å². The number of aromatic nitrogens is 1. The molecule has 140 valence electrons. The first-order valence-corrected chi connectivity index (χ1v) is 9.72. The maximum absolute atomic E-state index is 12.5. The van der Waals surface area contributed by atoms with Crippen LogP contribution in [0.15, 0.2) is 24.3 Å². The number of morpholine rings is 1. The molecular weight excluding hydrogens is 352 g/mol. The van der Waals surface area contributed by atoms with Crippen molar-refractivity contribution in [2.24, 2.45) is 0 Å². The SMILES string of the molecule is CC1CN(C(=O)C(C)OC(=O)CCc2nc3ccccc3s2)CC(C)O1. The Bertz CT molecular complexity index is 748. The topological polar surface area (TPSA) is 68.7 Å². The Morgan fingerprint density at radius 3 is 2.69 bits per heavy atom. The number of hydrogen-bond acceptors (Lipinski definition) is 6. The smallest absolute Gasteiger partial charge is 0.306 e. The van der Waals surface area contributed by atoms with Crippen LogP contribution in [0.25, 0.3) is 10.2 Å². The Hall–Kier alpha value is -1.99. The molecule has 3 rings (SSSR count). The summed E-state index contributed by atoms with van der Waals surface area (Å²) in [5, 5.41) is 0.901. The number of para-hydroxylation sites is 1. The third-order valence-electron chi connectivity index (χ3n) is 4.27. The quantitative estimate of drug-likeness (QED) is 0.751. The molecule has 2 aromatic rings. The molecule has 0 radical (unpaired) electrons. The number of hydrogen-bond donors (Lipinski definition) is 0. The van der Waals surface area contributed by atoms with Crippen molar-refractivity contribution in [1.82, 2.24) is 9.88 Å². The van der Waals surface area contributed by atoms with Gasteiger partial charge < -0.3 is 14.4 Å². The molecule has 1 aliphatic rings. The zero-order chi connectivity index (χ0) is 18.7. The number of aryl methyl sites for hydroxylation is 1. The van der Waals surface area contributed by atoms with Gasteiger partial charge in [-0.05, 0) is 32.9 Å². The molecule has 1 amide bonds. The molecule has 3 atom stereocenters. The van der Waals surface area contributed by atoms with Gasteiger partial charge in [-0.25, -0.2) is 4.98 Å². The highest BCUT2D eigenvalue weighted by Crippen LogP contribution is 2.22. The molecule has 0 aliphatic carbocycles. The molecule has 0 spiro atoms. The predicted molar refractivity (Wildman–Crippen MR) is 100 cm³/mol. The molecule has 0 bridgehead atoms. The van der Waals surface area contributed by atoms with Crippen molar-refractivity contribution in [3.63, 3.8) is 0 Å². The fourth-order valence-electron chi connectivity index (χ4n) is 3.16. The zero-order valence-corrected chi connectivity index (χ0v) is 16.1. The molecule has 1 aromatic carbocycles. The third-order valence-corrected chi connectivity index (χ3v) is 5.36. The van der Waals surface area contributed by atoms with Gasteiger partial charge in [-0.1, -0.05) is 12.1 Å². The van der Waals surface area contributed by atoms with E-state index in [0.717, 1.165) is 15.2 Å². The molecule has 26 heavy (non-hydrogen) atoms. The Kier molecular flexibility index (Phi) is 5.88. The van der Waals surface area contributed by atoms with E-state index in [9.17, 15) is 9.59 Å². The highest BCUT2D eigenvalue weighted by Gasteiger charge is 2.30. The first-order chi connectivity index (χ1) is 12.4. The molecular formula is C19H24N2O4S. The molecule has 7 heteroatoms. The minimum Gasteiger partial charge on any atom is -0.453 e. The molecule has 2 heterocycles. The number of ether oxygens (including phenoxy) is 2. The summed E-state index contributed by atoms with van der Waals surface area (Å²) in [4.78, 5) is 30.8. The van der Waals surface area contributed by atoms with Gasteiger partial charge in [0.2, 0.25) is 0 Å². The largest absolute Gasteiger partial charge is 0.453 e. The zero-order valence-electron chi connectivity index (χ0n) is 15.3. The van der Waals surface area contributed by atoms with Gasteiger partial charge in [0.25, 0.3) is 5.91 Å². The molecule has 1 aliphatic heterocycles. The van der Waals surface area contributed by atoms with Crippen LogP contribution >= 0.6 is 11.3 Å². The lowest BCUT2D eigenvalue weighted by Crippen LogP contribution is -2.51. The summed E-state index contributed by atoms with van der Waals surface area (Å²) < 4.78 is 12.1. The van der Waals surface area contributed by atoms with Crippen molar-refractivity contribution in [2.45, 2.75) is 51.9 Å². The summed E-state index contributed by atoms with van der Waals surface area (Å²) in [5.74, 6) is -0.542. The van der Waals surface area contributed by atoms with Crippen LogP contribution in [-0.4, -0.2) is 53.2 Å². The summed E-state index contributed by atoms with van der Waals surface area (Å²) in [7, 11) is 0. The van der Waals surface area contributed by atoms with E-state index in [-0.39, 0.29) is 30.5 Å². The number of nitrogens with zero attached hydrogens (tertiary/aromatic N) is 2. The molecule has 1 aromatic heterocycles. The number of carbonyl (C=O) groups excluding carboxylic acids is 2. The van der Waals surface area contributed by atoms with Crippen LogP contribution in [0.2, 0.25) is 0 Å². The molecule has 6 nitrogen and oxygen atoms in total. The lowest BCUT2D eigenvalue weighted by atomic mass is 10.2. The fraction of sp³-hybridized carbons (Fsp3) is 0.526. The van der Waals surface area contributed by atoms with E-state index < -0.39 is 6.10 Å². The summed E-state index contributed by atoms with van der Waals surface area (Å²) in [5.41, 5.74) is 0.944. The van der Waals surface area contributed by atoms with Crippen LogP contribution in [0.3, 0.4) is 0 Å². The average Bonchev–Trinajstić information content (AvgIpc) is 3.01. The van der Waals surface area contributed by atoms with E-state index in [1.54, 1.807) is 23.2 Å². The van der Waals surface area contributed by atoms with Crippen molar-refractivity contribution in [3.05, 3.63) is 29.3 Å². The lowest BCUT2D eigenvalue weighted by Gasteiger charge is -2.36. The first kappa shape index (κ1) is 18.8. The number of carbonyl (C=O) groups is 2. The van der Waals surface area contributed by atoms with Crippen LogP contribution < -0.4 is 0 Å². The van der Waals surface area contributed by atoms with Gasteiger partial charge in [0, 0.05) is 19.5 Å². The number of amides is 1. The second-order valence-corrected chi connectivity index (χ2v) is 7.82. The first-order valence-electron chi connectivity index (χ1n) is 8.90. The summed E-state index contributed by atoms with van der Waals surface area (Å²) >= 11 is 1.58. The van der Waals surface area contributed by atoms with Crippen LogP contribution in [0.1, 0.15) is 32.2 Å². The summed E-state index contributed by atoms with van der Waals surface area (Å²) in [6.45, 7) is 6.55. The second kappa shape index (κ2) is 8.14. The van der Waals surface area contributed by atoms with Gasteiger partial charge in [0.1, 0.15) is 0 Å². The fourth-order valence-corrected chi connectivity index (χ4v) is 4.12. The van der Waals surface area contributed by atoms with E-state index in [1.165, 1.54) is 0 Å². The van der Waals surface area contributed by atoms with E-state index >= 15 is 0 Å². The number of thiazole rings is 1. The van der Waals surface area contributed by atoms with Gasteiger partial charge in [0.05, 0.1) is 33.9 Å². The Balaban J connectivity index is 1.49. The van der Waals surface area contributed by atoms with Crippen LogP contribution in [0, 0.1) is 0 Å². The minimum absolute atomic E-state index is 0.00960. The Morgan fingerprint density at radius 1 is 1.31 bits per heavy atom. The monoisotopic (exact) mass is 376 g/mol. The van der Waals surface area contributed by atoms with Crippen molar-refractivity contribution in [3.8, 4) is 0 Å². The number of esters is 1. The van der Waals surface area contributed by atoms with Crippen LogP contribution in [0.4, 0.5) is 0 Å². The highest BCUT2D eigenvalue weighted by molar-refractivity contribution is 7.18. The third kappa shape index (κ3) is 4.59. The van der Waals surface area contributed by atoms with Crippen molar-refractivity contribution in [2.75, 3.05) is 13.1 Å². The van der Waals surface area contributed by atoms with Gasteiger partial charge in [0.15, 0.2) is 6.10 Å². The highest BCUT2D eigenvalue weighted by atomic mass is 32.1. The van der Waals surface area contributed by atoms with Crippen LogP contribution in [-0.2, 0) is 25.5 Å². The van der Waals surface area contributed by atoms with E-state index in [0.29, 0.717) is 19.5 Å². The van der Waals surface area contributed by atoms with Gasteiger partial charge >= 0.3 is 5.97 Å². The Labute approximate surface area is 157 Å². The summed E-state index contributed by atoms with van der Waals surface area (Å²) in [6.07, 6.45) is -0.0671.